The number of aryl methyl sites for hydroxylation is 1. The molecule has 8 heteroatoms. The Hall–Kier alpha value is -3.91. The zero-order valence-electron chi connectivity index (χ0n) is 21.1. The van der Waals surface area contributed by atoms with Crippen LogP contribution in [0.5, 0.6) is 0 Å². The Morgan fingerprint density at radius 1 is 1.05 bits per heavy atom. The summed E-state index contributed by atoms with van der Waals surface area (Å²) in [6, 6.07) is 16.4. The van der Waals surface area contributed by atoms with Crippen molar-refractivity contribution in [1.82, 2.24) is 9.47 Å². The largest absolute Gasteiger partial charge is 0.462 e. The van der Waals surface area contributed by atoms with Crippen molar-refractivity contribution in [2.24, 2.45) is 0 Å². The van der Waals surface area contributed by atoms with E-state index in [0.717, 1.165) is 35.5 Å². The minimum Gasteiger partial charge on any atom is -0.462 e. The Bertz CT molecular complexity index is 1510. The Morgan fingerprint density at radius 2 is 1.87 bits per heavy atom. The summed E-state index contributed by atoms with van der Waals surface area (Å²) in [6.07, 6.45) is 6.46. The Labute approximate surface area is 224 Å². The van der Waals surface area contributed by atoms with E-state index in [4.69, 9.17) is 4.74 Å². The van der Waals surface area contributed by atoms with Gasteiger partial charge in [-0.1, -0.05) is 18.2 Å². The van der Waals surface area contributed by atoms with E-state index >= 15 is 0 Å². The number of anilines is 1. The van der Waals surface area contributed by atoms with Gasteiger partial charge in [-0.2, -0.15) is 0 Å². The summed E-state index contributed by atoms with van der Waals surface area (Å²) in [5.74, 6) is -0.757. The highest BCUT2D eigenvalue weighted by atomic mass is 32.1. The molecule has 2 aliphatic rings. The van der Waals surface area contributed by atoms with Gasteiger partial charge >= 0.3 is 12.0 Å². The molecule has 2 aromatic carbocycles. The molecule has 4 aromatic rings. The molecule has 6 rings (SSSR count). The fourth-order valence-electron chi connectivity index (χ4n) is 5.52. The third-order valence-electron chi connectivity index (χ3n) is 7.25. The van der Waals surface area contributed by atoms with Crippen LogP contribution in [0.25, 0.3) is 5.00 Å². The van der Waals surface area contributed by atoms with Crippen LogP contribution in [0.2, 0.25) is 0 Å². The first-order valence-electron chi connectivity index (χ1n) is 12.9. The lowest BCUT2D eigenvalue weighted by atomic mass is 9.95. The standard InChI is InChI=1S/C30H28FN3O3S/c1-2-37-29(35)20-7-5-8-22(17-20)32-30(36)34-18-24-23-9-3-4-11-26(23)38-28(24)33-16-6-10-25(33)27(34)19-12-14-21(31)15-13-19/h5-8,10,12-17,27H,2-4,9,11,18H2,1H3,(H,32,36). The lowest BCUT2D eigenvalue weighted by Crippen LogP contribution is -2.38. The first-order valence-corrected chi connectivity index (χ1v) is 13.8. The Balaban J connectivity index is 1.43. The van der Waals surface area contributed by atoms with Crippen LogP contribution in [-0.4, -0.2) is 28.1 Å². The molecular weight excluding hydrogens is 501 g/mol. The summed E-state index contributed by atoms with van der Waals surface area (Å²) >= 11 is 1.82. The SMILES string of the molecule is CCOC(=O)c1cccc(NC(=O)N2Cc3c(sc4c3CCCC4)-n3cccc3C2c2ccc(F)cc2)c1. The third-order valence-corrected chi connectivity index (χ3v) is 8.58. The van der Waals surface area contributed by atoms with E-state index in [0.29, 0.717) is 17.8 Å². The summed E-state index contributed by atoms with van der Waals surface area (Å²) in [5.41, 5.74) is 5.19. The van der Waals surface area contributed by atoms with Crippen LogP contribution >= 0.6 is 11.3 Å². The summed E-state index contributed by atoms with van der Waals surface area (Å²) in [4.78, 5) is 29.5. The number of thiophene rings is 1. The van der Waals surface area contributed by atoms with Gasteiger partial charge in [0.05, 0.1) is 30.5 Å². The van der Waals surface area contributed by atoms with Crippen LogP contribution in [0.4, 0.5) is 14.9 Å². The molecule has 0 spiro atoms. The fourth-order valence-corrected chi connectivity index (χ4v) is 6.92. The topological polar surface area (TPSA) is 63.6 Å². The van der Waals surface area contributed by atoms with Crippen molar-refractivity contribution in [1.29, 1.82) is 0 Å². The van der Waals surface area contributed by atoms with Crippen molar-refractivity contribution in [3.8, 4) is 5.00 Å². The van der Waals surface area contributed by atoms with Gasteiger partial charge in [0.25, 0.3) is 0 Å². The fraction of sp³-hybridized carbons (Fsp3) is 0.267. The monoisotopic (exact) mass is 529 g/mol. The summed E-state index contributed by atoms with van der Waals surface area (Å²) in [5, 5.41) is 4.17. The van der Waals surface area contributed by atoms with E-state index in [1.165, 1.54) is 34.6 Å². The number of amides is 2. The van der Waals surface area contributed by atoms with Gasteiger partial charge in [0.1, 0.15) is 10.8 Å². The molecule has 1 aliphatic carbocycles. The van der Waals surface area contributed by atoms with E-state index in [2.05, 4.69) is 16.1 Å². The second-order valence-corrected chi connectivity index (χ2v) is 10.7. The second kappa shape index (κ2) is 10.1. The number of halogens is 1. The molecule has 1 N–H and O–H groups in total. The predicted octanol–water partition coefficient (Wildman–Crippen LogP) is 6.87. The molecule has 2 aromatic heterocycles. The molecule has 1 unspecified atom stereocenters. The molecule has 3 heterocycles. The number of nitrogens with zero attached hydrogens (tertiary/aromatic N) is 2. The number of nitrogens with one attached hydrogen (secondary N) is 1. The van der Waals surface area contributed by atoms with Crippen molar-refractivity contribution in [2.75, 3.05) is 11.9 Å². The smallest absolute Gasteiger partial charge is 0.338 e. The molecule has 0 fully saturated rings. The minimum atomic E-state index is -0.435. The number of fused-ring (bicyclic) bond motifs is 5. The van der Waals surface area contributed by atoms with Crippen LogP contribution in [0.15, 0.2) is 66.9 Å². The molecule has 0 saturated carbocycles. The van der Waals surface area contributed by atoms with E-state index in [1.807, 2.05) is 28.4 Å². The predicted molar refractivity (Wildman–Crippen MR) is 145 cm³/mol. The lowest BCUT2D eigenvalue weighted by molar-refractivity contribution is 0.0526. The van der Waals surface area contributed by atoms with Crippen LogP contribution < -0.4 is 5.32 Å². The van der Waals surface area contributed by atoms with Gasteiger partial charge in [-0.3, -0.25) is 0 Å². The van der Waals surface area contributed by atoms with Gasteiger partial charge in [0, 0.05) is 22.3 Å². The maximum atomic E-state index is 14.0. The van der Waals surface area contributed by atoms with Crippen LogP contribution in [0.3, 0.4) is 0 Å². The number of urea groups is 1. The highest BCUT2D eigenvalue weighted by Gasteiger charge is 2.36. The first-order chi connectivity index (χ1) is 18.5. The van der Waals surface area contributed by atoms with Gasteiger partial charge < -0.3 is 19.5 Å². The molecule has 194 valence electrons. The van der Waals surface area contributed by atoms with Gasteiger partial charge in [0.2, 0.25) is 0 Å². The van der Waals surface area contributed by atoms with Gasteiger partial charge in [-0.05, 0) is 86.2 Å². The van der Waals surface area contributed by atoms with Gasteiger partial charge in [-0.15, -0.1) is 11.3 Å². The summed E-state index contributed by atoms with van der Waals surface area (Å²) in [7, 11) is 0. The van der Waals surface area contributed by atoms with E-state index in [-0.39, 0.29) is 18.5 Å². The maximum Gasteiger partial charge on any atom is 0.338 e. The lowest BCUT2D eigenvalue weighted by Gasteiger charge is -2.31. The van der Waals surface area contributed by atoms with Gasteiger partial charge in [0.15, 0.2) is 0 Å². The number of rotatable bonds is 4. The first kappa shape index (κ1) is 24.4. The van der Waals surface area contributed by atoms with E-state index < -0.39 is 12.0 Å². The number of aromatic nitrogens is 1. The number of hydrogen-bond donors (Lipinski definition) is 1. The summed E-state index contributed by atoms with van der Waals surface area (Å²) in [6.45, 7) is 2.45. The Kier molecular flexibility index (Phi) is 6.49. The molecule has 0 saturated heterocycles. The molecule has 38 heavy (non-hydrogen) atoms. The molecule has 1 aliphatic heterocycles. The Morgan fingerprint density at radius 3 is 2.68 bits per heavy atom. The van der Waals surface area contributed by atoms with E-state index in [9.17, 15) is 14.0 Å². The van der Waals surface area contributed by atoms with Crippen molar-refractivity contribution < 1.29 is 18.7 Å². The van der Waals surface area contributed by atoms with Crippen molar-refractivity contribution in [3.63, 3.8) is 0 Å². The zero-order chi connectivity index (χ0) is 26.2. The minimum absolute atomic E-state index is 0.273. The molecule has 1 atom stereocenters. The third kappa shape index (κ3) is 4.39. The normalized spacial score (nSPS) is 16.2. The number of carbonyl (C=O) groups is 2. The molecule has 6 nitrogen and oxygen atoms in total. The zero-order valence-corrected chi connectivity index (χ0v) is 21.9. The van der Waals surface area contributed by atoms with Crippen molar-refractivity contribution in [3.05, 3.63) is 106 Å². The van der Waals surface area contributed by atoms with Crippen molar-refractivity contribution in [2.45, 2.75) is 45.2 Å². The molecule has 0 radical (unpaired) electrons. The number of carbonyl (C=O) groups excluding carboxylic acids is 2. The average Bonchev–Trinajstić information content (AvgIpc) is 3.51. The average molecular weight is 530 g/mol. The number of benzene rings is 2. The number of ether oxygens (including phenoxy) is 1. The number of esters is 1. The second-order valence-electron chi connectivity index (χ2n) is 9.61. The highest BCUT2D eigenvalue weighted by Crippen LogP contribution is 2.44. The van der Waals surface area contributed by atoms with Gasteiger partial charge in [-0.25, -0.2) is 14.0 Å². The molecule has 2 amide bonds. The quantitative estimate of drug-likeness (QED) is 0.294. The van der Waals surface area contributed by atoms with Crippen molar-refractivity contribution >= 4 is 29.0 Å². The van der Waals surface area contributed by atoms with Crippen LogP contribution in [0.1, 0.15) is 63.4 Å². The number of hydrogen-bond acceptors (Lipinski definition) is 4. The highest BCUT2D eigenvalue weighted by molar-refractivity contribution is 7.15. The molecular formula is C30H28FN3O3S. The maximum absolute atomic E-state index is 14.0. The summed E-state index contributed by atoms with van der Waals surface area (Å²) < 4.78 is 21.2. The van der Waals surface area contributed by atoms with Crippen LogP contribution in [0, 0.1) is 5.82 Å². The molecule has 0 bridgehead atoms. The van der Waals surface area contributed by atoms with Crippen LogP contribution in [-0.2, 0) is 24.1 Å². The van der Waals surface area contributed by atoms with E-state index in [1.54, 1.807) is 43.3 Å².